The number of aryl methyl sites for hydroxylation is 2. The Balaban J connectivity index is 1.09. The average Bonchev–Trinajstić information content (AvgIpc) is 2.96. The predicted octanol–water partition coefficient (Wildman–Crippen LogP) is 10.4. The number of methoxy groups -OCH3 is 1. The first-order chi connectivity index (χ1) is 19.0. The summed E-state index contributed by atoms with van der Waals surface area (Å²) in [5.41, 5.74) is 5.64. The fourth-order valence-corrected chi connectivity index (χ4v) is 8.73. The number of fused-ring (bicyclic) bond motifs is 1. The number of halogens is 1. The third-order valence-corrected chi connectivity index (χ3v) is 11.1. The Morgan fingerprint density at radius 2 is 1.44 bits per heavy atom. The predicted molar refractivity (Wildman–Crippen MR) is 162 cm³/mol. The Bertz CT molecular complexity index is 1010. The van der Waals surface area contributed by atoms with Gasteiger partial charge < -0.3 is 4.74 Å². The maximum absolute atomic E-state index is 14.7. The van der Waals surface area contributed by atoms with E-state index in [1.165, 1.54) is 94.6 Å². The van der Waals surface area contributed by atoms with E-state index in [2.05, 4.69) is 37.3 Å². The van der Waals surface area contributed by atoms with E-state index in [4.69, 9.17) is 4.74 Å². The maximum Gasteiger partial charge on any atom is 0.127 e. The van der Waals surface area contributed by atoms with Gasteiger partial charge in [0.2, 0.25) is 0 Å². The van der Waals surface area contributed by atoms with E-state index in [0.717, 1.165) is 65.0 Å². The lowest BCUT2D eigenvalue weighted by Crippen LogP contribution is -2.34. The van der Waals surface area contributed by atoms with Crippen molar-refractivity contribution in [2.45, 2.75) is 123 Å². The average molecular weight is 533 g/mol. The Morgan fingerprint density at radius 1 is 0.769 bits per heavy atom. The second-order valence-electron chi connectivity index (χ2n) is 13.6. The van der Waals surface area contributed by atoms with Crippen LogP contribution in [0.4, 0.5) is 4.39 Å². The number of unbranched alkanes of at least 4 members (excludes halogenated alkanes) is 1. The minimum atomic E-state index is -0.0928. The fraction of sp³-hybridized carbons (Fsp3) is 0.676. The van der Waals surface area contributed by atoms with Crippen LogP contribution in [0.15, 0.2) is 36.4 Å². The van der Waals surface area contributed by atoms with Crippen molar-refractivity contribution in [1.29, 1.82) is 0 Å². The lowest BCUT2D eigenvalue weighted by Gasteiger charge is -2.45. The molecule has 3 aliphatic rings. The molecular formula is C37H53FO. The van der Waals surface area contributed by atoms with Crippen molar-refractivity contribution in [2.24, 2.45) is 29.6 Å². The molecule has 0 aromatic heterocycles. The van der Waals surface area contributed by atoms with Gasteiger partial charge in [-0.15, -0.1) is 0 Å². The van der Waals surface area contributed by atoms with Gasteiger partial charge in [0.1, 0.15) is 5.82 Å². The summed E-state index contributed by atoms with van der Waals surface area (Å²) in [5, 5.41) is 0. The van der Waals surface area contributed by atoms with E-state index in [-0.39, 0.29) is 5.82 Å². The lowest BCUT2D eigenvalue weighted by molar-refractivity contribution is 0.0711. The van der Waals surface area contributed by atoms with Crippen LogP contribution in [0.2, 0.25) is 0 Å². The topological polar surface area (TPSA) is 9.23 Å². The molecule has 0 radical (unpaired) electrons. The third kappa shape index (κ3) is 7.35. The highest BCUT2D eigenvalue weighted by Gasteiger charge is 2.39. The van der Waals surface area contributed by atoms with Gasteiger partial charge in [0, 0.05) is 7.11 Å². The summed E-state index contributed by atoms with van der Waals surface area (Å²) >= 11 is 0. The van der Waals surface area contributed by atoms with Gasteiger partial charge >= 0.3 is 0 Å². The zero-order chi connectivity index (χ0) is 27.2. The monoisotopic (exact) mass is 532 g/mol. The summed E-state index contributed by atoms with van der Waals surface area (Å²) in [4.78, 5) is 0. The molecule has 3 aliphatic carbocycles. The van der Waals surface area contributed by atoms with E-state index < -0.39 is 0 Å². The van der Waals surface area contributed by atoms with Crippen LogP contribution in [-0.4, -0.2) is 7.11 Å². The number of rotatable bonds is 10. The molecule has 0 saturated heterocycles. The minimum absolute atomic E-state index is 0.0928. The zero-order valence-corrected chi connectivity index (χ0v) is 25.0. The summed E-state index contributed by atoms with van der Waals surface area (Å²) in [6.07, 6.45) is 20.7. The molecular weight excluding hydrogens is 479 g/mol. The van der Waals surface area contributed by atoms with Crippen LogP contribution in [0.1, 0.15) is 124 Å². The molecule has 0 amide bonds. The van der Waals surface area contributed by atoms with Crippen LogP contribution < -0.4 is 0 Å². The van der Waals surface area contributed by atoms with Crippen LogP contribution in [0.5, 0.6) is 0 Å². The molecule has 1 nitrogen and oxygen atoms in total. The van der Waals surface area contributed by atoms with E-state index in [1.54, 1.807) is 13.2 Å². The summed E-state index contributed by atoms with van der Waals surface area (Å²) in [6, 6.07) is 13.1. The van der Waals surface area contributed by atoms with Gasteiger partial charge in [0.25, 0.3) is 0 Å². The quantitative estimate of drug-likeness (QED) is 0.296. The van der Waals surface area contributed by atoms with Crippen molar-refractivity contribution in [3.8, 4) is 0 Å². The zero-order valence-electron chi connectivity index (χ0n) is 25.0. The molecule has 3 saturated carbocycles. The molecule has 0 aliphatic heterocycles. The smallest absolute Gasteiger partial charge is 0.127 e. The summed E-state index contributed by atoms with van der Waals surface area (Å²) < 4.78 is 19.9. The van der Waals surface area contributed by atoms with Crippen LogP contribution in [-0.2, 0) is 24.2 Å². The van der Waals surface area contributed by atoms with Crippen molar-refractivity contribution in [3.63, 3.8) is 0 Å². The van der Waals surface area contributed by atoms with Crippen LogP contribution in [0, 0.1) is 42.3 Å². The largest absolute Gasteiger partial charge is 0.380 e. The molecule has 214 valence electrons. The van der Waals surface area contributed by atoms with Gasteiger partial charge in [0.15, 0.2) is 0 Å². The molecule has 0 N–H and O–H groups in total. The van der Waals surface area contributed by atoms with E-state index in [1.807, 2.05) is 6.92 Å². The van der Waals surface area contributed by atoms with Crippen LogP contribution >= 0.6 is 0 Å². The Labute approximate surface area is 238 Å². The highest BCUT2D eigenvalue weighted by atomic mass is 19.1. The van der Waals surface area contributed by atoms with E-state index in [9.17, 15) is 4.39 Å². The van der Waals surface area contributed by atoms with Crippen molar-refractivity contribution in [1.82, 2.24) is 0 Å². The molecule has 3 fully saturated rings. The molecule has 4 atom stereocenters. The normalized spacial score (nSPS) is 29.2. The highest BCUT2D eigenvalue weighted by Crippen LogP contribution is 2.51. The van der Waals surface area contributed by atoms with Gasteiger partial charge in [-0.1, -0.05) is 69.4 Å². The van der Waals surface area contributed by atoms with Gasteiger partial charge in [-0.3, -0.25) is 0 Å². The summed E-state index contributed by atoms with van der Waals surface area (Å²) in [6.45, 7) is 4.82. The van der Waals surface area contributed by atoms with Gasteiger partial charge in [0.05, 0.1) is 6.61 Å². The number of benzene rings is 2. The van der Waals surface area contributed by atoms with Gasteiger partial charge in [-0.25, -0.2) is 4.39 Å². The van der Waals surface area contributed by atoms with Crippen molar-refractivity contribution in [2.75, 3.05) is 7.11 Å². The molecule has 2 aromatic rings. The van der Waals surface area contributed by atoms with Crippen molar-refractivity contribution in [3.05, 3.63) is 70.0 Å². The molecule has 2 heteroatoms. The third-order valence-electron chi connectivity index (χ3n) is 11.1. The first kappa shape index (κ1) is 28.8. The molecule has 0 heterocycles. The molecule has 0 spiro atoms. The first-order valence-electron chi connectivity index (χ1n) is 16.4. The molecule has 2 aromatic carbocycles. The second-order valence-corrected chi connectivity index (χ2v) is 13.6. The first-order valence-corrected chi connectivity index (χ1v) is 16.4. The summed E-state index contributed by atoms with van der Waals surface area (Å²) in [5.74, 6) is 5.69. The minimum Gasteiger partial charge on any atom is -0.380 e. The highest BCUT2D eigenvalue weighted by molar-refractivity contribution is 5.34. The number of ether oxygens (including phenoxy) is 1. The standard InChI is InChI=1S/C37H53FO/c1-4-5-6-27-7-12-30(13-8-27)32-16-18-35-24-33(17-19-34(35)23-32)31-14-9-28(10-15-31)11-20-36-26(2)21-29(25-39-3)22-37(36)38/h9-10,14-15,21-22,27,30,32-35H,4-8,11-13,16-20,23-25H2,1-3H3. The van der Waals surface area contributed by atoms with Gasteiger partial charge in [-0.05, 0) is 141 Å². The Kier molecular flexibility index (Phi) is 10.2. The number of hydrogen-bond donors (Lipinski definition) is 0. The van der Waals surface area contributed by atoms with Crippen molar-refractivity contribution < 1.29 is 9.13 Å². The molecule has 0 bridgehead atoms. The maximum atomic E-state index is 14.7. The molecule has 4 unspecified atom stereocenters. The molecule has 5 rings (SSSR count). The Morgan fingerprint density at radius 3 is 2.13 bits per heavy atom. The van der Waals surface area contributed by atoms with Crippen LogP contribution in [0.25, 0.3) is 0 Å². The van der Waals surface area contributed by atoms with E-state index in [0.29, 0.717) is 6.61 Å². The second kappa shape index (κ2) is 13.8. The summed E-state index contributed by atoms with van der Waals surface area (Å²) in [7, 11) is 1.65. The Hall–Kier alpha value is -1.67. The SMILES string of the molecule is CCCCC1CCC(C2CCC3CC(c4ccc(CCc5c(C)cc(COC)cc5F)cc4)CCC3C2)CC1. The molecule has 39 heavy (non-hydrogen) atoms. The fourth-order valence-electron chi connectivity index (χ4n) is 8.73. The lowest BCUT2D eigenvalue weighted by atomic mass is 9.60. The number of hydrogen-bond acceptors (Lipinski definition) is 1. The van der Waals surface area contributed by atoms with Crippen molar-refractivity contribution >= 4 is 0 Å². The van der Waals surface area contributed by atoms with Crippen LogP contribution in [0.3, 0.4) is 0 Å². The van der Waals surface area contributed by atoms with Gasteiger partial charge in [-0.2, -0.15) is 0 Å². The van der Waals surface area contributed by atoms with E-state index >= 15 is 0 Å².